The molecule has 3 nitrogen and oxygen atoms in total. The van der Waals surface area contributed by atoms with Gasteiger partial charge in [-0.2, -0.15) is 0 Å². The van der Waals surface area contributed by atoms with Crippen LogP contribution in [0.25, 0.3) is 0 Å². The zero-order chi connectivity index (χ0) is 13.6. The van der Waals surface area contributed by atoms with Crippen LogP contribution in [0.15, 0.2) is 21.7 Å². The fourth-order valence-electron chi connectivity index (χ4n) is 1.41. The second kappa shape index (κ2) is 16.4. The van der Waals surface area contributed by atoms with Crippen LogP contribution in [0.5, 0.6) is 0 Å². The molecule has 0 aromatic rings. The second-order valence-corrected chi connectivity index (χ2v) is 3.24. The zero-order valence-electron chi connectivity index (χ0n) is 9.30. The van der Waals surface area contributed by atoms with Gasteiger partial charge in [0, 0.05) is 0 Å². The first-order chi connectivity index (χ1) is 7.79. The van der Waals surface area contributed by atoms with Crippen LogP contribution in [0, 0.1) is 0 Å². The molecule has 4 heteroatoms. The van der Waals surface area contributed by atoms with Gasteiger partial charge in [-0.15, -0.1) is 0 Å². The number of hydrogen-bond donors (Lipinski definition) is 0. The SMILES string of the molecule is CCC1=CC[C]([Mn])=C1CC.[C]=O.[C]=O.[C]=O. The average molecular weight is 260 g/mol. The normalized spacial score (nSPS) is 12.1. The minimum absolute atomic E-state index is 1.12. The third-order valence-electron chi connectivity index (χ3n) is 1.98. The first-order valence-corrected chi connectivity index (χ1v) is 5.06. The van der Waals surface area contributed by atoms with Crippen LogP contribution >= 0.6 is 0 Å². The van der Waals surface area contributed by atoms with E-state index in [1.165, 1.54) is 28.5 Å². The first-order valence-electron chi connectivity index (χ1n) is 4.47. The van der Waals surface area contributed by atoms with Gasteiger partial charge in [0.2, 0.25) is 0 Å². The van der Waals surface area contributed by atoms with Gasteiger partial charge in [0.15, 0.2) is 0 Å². The fourth-order valence-corrected chi connectivity index (χ4v) is 1.93. The molecule has 0 heterocycles. The summed E-state index contributed by atoms with van der Waals surface area (Å²) in [6.45, 7) is 17.9. The van der Waals surface area contributed by atoms with Crippen molar-refractivity contribution in [1.82, 2.24) is 0 Å². The summed E-state index contributed by atoms with van der Waals surface area (Å²) in [7, 11) is 0. The predicted octanol–water partition coefficient (Wildman–Crippen LogP) is 1.75. The molecule has 16 heavy (non-hydrogen) atoms. The Morgan fingerprint density at radius 1 is 1.06 bits per heavy atom. The summed E-state index contributed by atoms with van der Waals surface area (Å²) in [5, 5.41) is 0. The first kappa shape index (κ1) is 20.4. The summed E-state index contributed by atoms with van der Waals surface area (Å²) in [5.74, 6) is 0. The summed E-state index contributed by atoms with van der Waals surface area (Å²) in [6, 6.07) is 0. The molecule has 0 aliphatic heterocycles. The molecule has 0 fully saturated rings. The van der Waals surface area contributed by atoms with Crippen molar-refractivity contribution < 1.29 is 30.4 Å². The molecule has 0 saturated carbocycles. The smallest absolute Gasteiger partial charge is 0.281 e. The largest absolute Gasteiger partial charge is 0.281 e. The van der Waals surface area contributed by atoms with E-state index >= 15 is 0 Å². The maximum atomic E-state index is 7.50. The molecule has 0 aromatic heterocycles. The van der Waals surface area contributed by atoms with Crippen molar-refractivity contribution in [2.45, 2.75) is 33.1 Å². The van der Waals surface area contributed by atoms with Crippen molar-refractivity contribution in [2.24, 2.45) is 0 Å². The van der Waals surface area contributed by atoms with E-state index in [1.54, 1.807) is 0 Å². The van der Waals surface area contributed by atoms with E-state index in [0.717, 1.165) is 6.42 Å². The van der Waals surface area contributed by atoms with Crippen LogP contribution in [0.1, 0.15) is 33.1 Å². The molecule has 1 aliphatic rings. The molecule has 0 spiro atoms. The molecule has 0 amide bonds. The summed E-state index contributed by atoms with van der Waals surface area (Å²) in [5.41, 5.74) is 3.07. The van der Waals surface area contributed by atoms with Crippen molar-refractivity contribution >= 4 is 20.4 Å². The van der Waals surface area contributed by atoms with Crippen LogP contribution in [-0.4, -0.2) is 20.4 Å². The molecule has 6 radical (unpaired) electrons. The topological polar surface area (TPSA) is 51.2 Å². The Morgan fingerprint density at radius 3 is 1.75 bits per heavy atom. The molecule has 0 saturated heterocycles. The average Bonchev–Trinajstić information content (AvgIpc) is 2.77. The zero-order valence-corrected chi connectivity index (χ0v) is 10.5. The van der Waals surface area contributed by atoms with Gasteiger partial charge in [-0.05, 0) is 0 Å². The van der Waals surface area contributed by atoms with Crippen molar-refractivity contribution in [3.63, 3.8) is 0 Å². The summed E-state index contributed by atoms with van der Waals surface area (Å²) in [6.07, 6.45) is 5.79. The van der Waals surface area contributed by atoms with Gasteiger partial charge in [0.1, 0.15) is 0 Å². The molecule has 86 valence electrons. The Balaban J connectivity index is -0.000000245. The van der Waals surface area contributed by atoms with Crippen LogP contribution in [0.3, 0.4) is 0 Å². The molecule has 0 unspecified atom stereocenters. The minimum Gasteiger partial charge on any atom is -0.281 e. The van der Waals surface area contributed by atoms with E-state index in [9.17, 15) is 0 Å². The van der Waals surface area contributed by atoms with Gasteiger partial charge < -0.3 is 0 Å². The van der Waals surface area contributed by atoms with Crippen molar-refractivity contribution in [3.8, 4) is 0 Å². The van der Waals surface area contributed by atoms with E-state index in [0.29, 0.717) is 0 Å². The van der Waals surface area contributed by atoms with Gasteiger partial charge in [0.05, 0.1) is 0 Å². The van der Waals surface area contributed by atoms with E-state index in [-0.39, 0.29) is 0 Å². The van der Waals surface area contributed by atoms with Crippen LogP contribution in [-0.2, 0) is 30.4 Å². The van der Waals surface area contributed by atoms with Crippen LogP contribution in [0.2, 0.25) is 0 Å². The Bertz CT molecular complexity index is 230. The number of carbonyl (C=O) groups excluding carboxylic acids is 3. The molecule has 0 bridgehead atoms. The molecule has 1 aliphatic carbocycles. The van der Waals surface area contributed by atoms with Crippen LogP contribution in [0.4, 0.5) is 0 Å². The molecule has 0 atom stereocenters. The third-order valence-corrected chi connectivity index (χ3v) is 2.57. The summed E-state index contributed by atoms with van der Waals surface area (Å²) >= 11 is 3.57. The second-order valence-electron chi connectivity index (χ2n) is 2.52. The van der Waals surface area contributed by atoms with Gasteiger partial charge >= 0.3 is 70.8 Å². The Kier molecular flexibility index (Phi) is 21.0. The fraction of sp³-hybridized carbons (Fsp3) is 0.417. The van der Waals surface area contributed by atoms with Crippen LogP contribution < -0.4 is 0 Å². The van der Waals surface area contributed by atoms with Crippen molar-refractivity contribution in [1.29, 1.82) is 0 Å². The summed E-state index contributed by atoms with van der Waals surface area (Å²) < 4.78 is 1.40. The monoisotopic (exact) mass is 260 g/mol. The van der Waals surface area contributed by atoms with E-state index in [2.05, 4.69) is 56.3 Å². The van der Waals surface area contributed by atoms with Gasteiger partial charge in [-0.3, -0.25) is 14.4 Å². The van der Waals surface area contributed by atoms with Crippen molar-refractivity contribution in [3.05, 3.63) is 21.7 Å². The third kappa shape index (κ3) is 7.32. The Labute approximate surface area is 106 Å². The Morgan fingerprint density at radius 2 is 1.50 bits per heavy atom. The van der Waals surface area contributed by atoms with E-state index < -0.39 is 0 Å². The number of hydrogen-bond acceptors (Lipinski definition) is 3. The minimum atomic E-state index is 1.12. The molecular formula is C12H13MnO3. The van der Waals surface area contributed by atoms with E-state index in [4.69, 9.17) is 14.4 Å². The van der Waals surface area contributed by atoms with E-state index in [1.807, 2.05) is 0 Å². The van der Waals surface area contributed by atoms with Gasteiger partial charge in [-0.25, -0.2) is 0 Å². The maximum Gasteiger partial charge on any atom is 0.281 e. The predicted molar refractivity (Wildman–Crippen MR) is 57.4 cm³/mol. The van der Waals surface area contributed by atoms with Gasteiger partial charge in [-0.1, -0.05) is 0 Å². The van der Waals surface area contributed by atoms with Crippen molar-refractivity contribution in [2.75, 3.05) is 0 Å². The standard InChI is InChI=1S/C9H13.3CO.Mn/c1-3-8-6-5-7-9(8)4-2;3*1-2;/h6H,3-5H2,1-2H3;;;;. The Hall–Kier alpha value is -0.991. The molecule has 1 rings (SSSR count). The van der Waals surface area contributed by atoms with Gasteiger partial charge in [0.25, 0.3) is 20.4 Å². The maximum absolute atomic E-state index is 7.50. The molecular weight excluding hydrogens is 247 g/mol. The summed E-state index contributed by atoms with van der Waals surface area (Å²) in [4.78, 5) is 22.5. The number of rotatable bonds is 2. The molecule has 0 aromatic carbocycles. The number of allylic oxidation sites excluding steroid dienone is 4. The molecule has 0 N–H and O–H groups in total. The quantitative estimate of drug-likeness (QED) is 0.711.